The first-order valence-corrected chi connectivity index (χ1v) is 6.63. The van der Waals surface area contributed by atoms with Gasteiger partial charge in [-0.3, -0.25) is 9.59 Å². The number of nitrogens with one attached hydrogen (secondary N) is 2. The SMILES string of the molecule is CCOC(=O)CCN/C=C(/C#N)C(=O)Nc1ccc(F)cc1. The Morgan fingerprint density at radius 2 is 2.05 bits per heavy atom. The lowest BCUT2D eigenvalue weighted by atomic mass is 10.2. The summed E-state index contributed by atoms with van der Waals surface area (Å²) < 4.78 is 17.5. The summed E-state index contributed by atoms with van der Waals surface area (Å²) in [5, 5.41) is 14.1. The van der Waals surface area contributed by atoms with Gasteiger partial charge in [-0.1, -0.05) is 0 Å². The number of ether oxygens (including phenoxy) is 1. The molecule has 1 amide bonds. The first kappa shape index (κ1) is 17.2. The maximum absolute atomic E-state index is 12.8. The molecule has 0 unspecified atom stereocenters. The van der Waals surface area contributed by atoms with Gasteiger partial charge >= 0.3 is 5.97 Å². The van der Waals surface area contributed by atoms with Crippen LogP contribution in [0.1, 0.15) is 13.3 Å². The maximum atomic E-state index is 12.8. The van der Waals surface area contributed by atoms with E-state index in [1.807, 2.05) is 0 Å². The Morgan fingerprint density at radius 3 is 2.64 bits per heavy atom. The van der Waals surface area contributed by atoms with Crippen molar-refractivity contribution in [3.05, 3.63) is 41.9 Å². The molecule has 0 saturated carbocycles. The molecule has 0 spiro atoms. The van der Waals surface area contributed by atoms with Crippen molar-refractivity contribution in [1.29, 1.82) is 5.26 Å². The molecule has 2 N–H and O–H groups in total. The molecule has 0 saturated heterocycles. The zero-order valence-electron chi connectivity index (χ0n) is 12.1. The lowest BCUT2D eigenvalue weighted by molar-refractivity contribution is -0.142. The average Bonchev–Trinajstić information content (AvgIpc) is 2.50. The van der Waals surface area contributed by atoms with E-state index < -0.39 is 11.7 Å². The molecular formula is C15H16FN3O3. The molecule has 1 aromatic carbocycles. The molecule has 6 nitrogen and oxygen atoms in total. The highest BCUT2D eigenvalue weighted by atomic mass is 19.1. The molecule has 1 rings (SSSR count). The quantitative estimate of drug-likeness (QED) is 0.346. The number of esters is 1. The van der Waals surface area contributed by atoms with Crippen LogP contribution >= 0.6 is 0 Å². The summed E-state index contributed by atoms with van der Waals surface area (Å²) in [5.74, 6) is -1.41. The largest absolute Gasteiger partial charge is 0.466 e. The van der Waals surface area contributed by atoms with Gasteiger partial charge in [0.15, 0.2) is 0 Å². The van der Waals surface area contributed by atoms with Gasteiger partial charge in [-0.15, -0.1) is 0 Å². The Bertz CT molecular complexity index is 591. The van der Waals surface area contributed by atoms with Gasteiger partial charge in [0.05, 0.1) is 13.0 Å². The normalized spacial score (nSPS) is 10.5. The molecule has 7 heteroatoms. The third-order valence-corrected chi connectivity index (χ3v) is 2.49. The summed E-state index contributed by atoms with van der Waals surface area (Å²) >= 11 is 0. The standard InChI is InChI=1S/C15H16FN3O3/c1-2-22-14(20)7-8-18-10-11(9-17)15(21)19-13-5-3-12(16)4-6-13/h3-6,10,18H,2,7-8H2,1H3,(H,19,21)/b11-10-. The van der Waals surface area contributed by atoms with Crippen LogP contribution in [0.25, 0.3) is 0 Å². The van der Waals surface area contributed by atoms with E-state index in [1.54, 1.807) is 13.0 Å². The molecule has 0 radical (unpaired) electrons. The third kappa shape index (κ3) is 6.05. The summed E-state index contributed by atoms with van der Waals surface area (Å²) in [6, 6.07) is 6.91. The molecule has 1 aromatic rings. The summed E-state index contributed by atoms with van der Waals surface area (Å²) in [6.45, 7) is 2.25. The molecule has 0 aliphatic heterocycles. The van der Waals surface area contributed by atoms with Crippen LogP contribution in [-0.4, -0.2) is 25.0 Å². The lowest BCUT2D eigenvalue weighted by Gasteiger charge is -2.05. The van der Waals surface area contributed by atoms with Crippen molar-refractivity contribution in [3.8, 4) is 6.07 Å². The number of hydrogen-bond acceptors (Lipinski definition) is 5. The van der Waals surface area contributed by atoms with Gasteiger partial charge in [-0.05, 0) is 31.2 Å². The van der Waals surface area contributed by atoms with Gasteiger partial charge in [0.25, 0.3) is 5.91 Å². The van der Waals surface area contributed by atoms with Crippen LogP contribution in [0.3, 0.4) is 0 Å². The number of hydrogen-bond donors (Lipinski definition) is 2. The van der Waals surface area contributed by atoms with Crippen molar-refractivity contribution >= 4 is 17.6 Å². The Labute approximate surface area is 127 Å². The van der Waals surface area contributed by atoms with E-state index in [2.05, 4.69) is 10.6 Å². The fraction of sp³-hybridized carbons (Fsp3) is 0.267. The van der Waals surface area contributed by atoms with Crippen LogP contribution in [0.15, 0.2) is 36.0 Å². The zero-order valence-corrected chi connectivity index (χ0v) is 12.1. The fourth-order valence-corrected chi connectivity index (χ4v) is 1.46. The van der Waals surface area contributed by atoms with Crippen LogP contribution in [-0.2, 0) is 14.3 Å². The van der Waals surface area contributed by atoms with Crippen LogP contribution in [0.5, 0.6) is 0 Å². The van der Waals surface area contributed by atoms with Crippen molar-refractivity contribution < 1.29 is 18.7 Å². The first-order valence-electron chi connectivity index (χ1n) is 6.63. The highest BCUT2D eigenvalue weighted by molar-refractivity contribution is 6.06. The average molecular weight is 305 g/mol. The van der Waals surface area contributed by atoms with Crippen LogP contribution in [0.4, 0.5) is 10.1 Å². The van der Waals surface area contributed by atoms with E-state index in [0.717, 1.165) is 0 Å². The maximum Gasteiger partial charge on any atom is 0.307 e. The minimum atomic E-state index is -0.627. The van der Waals surface area contributed by atoms with Gasteiger partial charge in [0.2, 0.25) is 0 Å². The number of nitriles is 1. The van der Waals surface area contributed by atoms with E-state index in [4.69, 9.17) is 10.00 Å². The predicted octanol–water partition coefficient (Wildman–Crippen LogP) is 1.71. The van der Waals surface area contributed by atoms with E-state index in [0.29, 0.717) is 12.3 Å². The van der Waals surface area contributed by atoms with Crippen molar-refractivity contribution in [3.63, 3.8) is 0 Å². The van der Waals surface area contributed by atoms with Crippen LogP contribution in [0, 0.1) is 17.1 Å². The number of carbonyl (C=O) groups is 2. The van der Waals surface area contributed by atoms with Gasteiger partial charge < -0.3 is 15.4 Å². The first-order chi connectivity index (χ1) is 10.6. The number of rotatable bonds is 7. The van der Waals surface area contributed by atoms with E-state index in [-0.39, 0.29) is 24.5 Å². The highest BCUT2D eigenvalue weighted by Crippen LogP contribution is 2.09. The van der Waals surface area contributed by atoms with Gasteiger partial charge in [0, 0.05) is 18.4 Å². The highest BCUT2D eigenvalue weighted by Gasteiger charge is 2.09. The Morgan fingerprint density at radius 1 is 1.36 bits per heavy atom. The predicted molar refractivity (Wildman–Crippen MR) is 78.0 cm³/mol. The van der Waals surface area contributed by atoms with E-state index in [1.165, 1.54) is 30.5 Å². The molecule has 0 aromatic heterocycles. The topological polar surface area (TPSA) is 91.2 Å². The van der Waals surface area contributed by atoms with Gasteiger partial charge in [-0.2, -0.15) is 5.26 Å². The Balaban J connectivity index is 2.50. The smallest absolute Gasteiger partial charge is 0.307 e. The molecule has 0 fully saturated rings. The minimum absolute atomic E-state index is 0.128. The number of nitrogens with zero attached hydrogens (tertiary/aromatic N) is 1. The monoisotopic (exact) mass is 305 g/mol. The summed E-state index contributed by atoms with van der Waals surface area (Å²) in [6.07, 6.45) is 1.35. The summed E-state index contributed by atoms with van der Waals surface area (Å²) in [7, 11) is 0. The van der Waals surface area contributed by atoms with Crippen LogP contribution in [0.2, 0.25) is 0 Å². The molecule has 0 heterocycles. The number of amides is 1. The Hall–Kier alpha value is -2.88. The van der Waals surface area contributed by atoms with Crippen molar-refractivity contribution in [1.82, 2.24) is 5.32 Å². The number of benzene rings is 1. The van der Waals surface area contributed by atoms with E-state index in [9.17, 15) is 14.0 Å². The number of carbonyl (C=O) groups excluding carboxylic acids is 2. The zero-order chi connectivity index (χ0) is 16.4. The second-order valence-electron chi connectivity index (χ2n) is 4.14. The summed E-state index contributed by atoms with van der Waals surface area (Å²) in [4.78, 5) is 22.9. The second kappa shape index (κ2) is 9.13. The van der Waals surface area contributed by atoms with Gasteiger partial charge in [0.1, 0.15) is 17.5 Å². The molecule has 22 heavy (non-hydrogen) atoms. The third-order valence-electron chi connectivity index (χ3n) is 2.49. The minimum Gasteiger partial charge on any atom is -0.466 e. The second-order valence-corrected chi connectivity index (χ2v) is 4.14. The van der Waals surface area contributed by atoms with Crippen LogP contribution < -0.4 is 10.6 Å². The number of anilines is 1. The van der Waals surface area contributed by atoms with Crippen molar-refractivity contribution in [2.45, 2.75) is 13.3 Å². The Kier molecular flexibility index (Phi) is 7.13. The van der Waals surface area contributed by atoms with Gasteiger partial charge in [-0.25, -0.2) is 4.39 Å². The molecule has 0 atom stereocenters. The van der Waals surface area contributed by atoms with Crippen molar-refractivity contribution in [2.75, 3.05) is 18.5 Å². The molecule has 0 aliphatic carbocycles. The van der Waals surface area contributed by atoms with Crippen molar-refractivity contribution in [2.24, 2.45) is 0 Å². The molecule has 0 aliphatic rings. The lowest BCUT2D eigenvalue weighted by Crippen LogP contribution is -2.19. The molecular weight excluding hydrogens is 289 g/mol. The molecule has 116 valence electrons. The molecule has 0 bridgehead atoms. The van der Waals surface area contributed by atoms with E-state index >= 15 is 0 Å². The number of halogens is 1. The fourth-order valence-electron chi connectivity index (χ4n) is 1.46. The summed E-state index contributed by atoms with van der Waals surface area (Å²) in [5.41, 5.74) is 0.215.